The average Bonchev–Trinajstić information content (AvgIpc) is 0.918. The fourth-order valence-electron chi connectivity index (χ4n) is 0. The van der Waals surface area contributed by atoms with E-state index in [2.05, 4.69) is 0 Å². The molecule has 0 heterocycles. The molecule has 0 aromatic heterocycles. The van der Waals surface area contributed by atoms with Crippen LogP contribution in [-0.2, 0) is 17.4 Å². The third kappa shape index (κ3) is 21.0. The van der Waals surface area contributed by atoms with E-state index >= 15 is 0 Å². The van der Waals surface area contributed by atoms with Gasteiger partial charge in [0.15, 0.2) is 0 Å². The first-order valence-corrected chi connectivity index (χ1v) is 1.15. The molecule has 0 aliphatic heterocycles. The maximum atomic E-state index is 2.00. The van der Waals surface area contributed by atoms with E-state index in [1.807, 2.05) is 20.3 Å². The van der Waals surface area contributed by atoms with E-state index in [0.29, 0.717) is 0 Å². The minimum atomic E-state index is 0. The zero-order chi connectivity index (χ0) is 2.71. The van der Waals surface area contributed by atoms with Crippen LogP contribution in [0.4, 0.5) is 0 Å². The summed E-state index contributed by atoms with van der Waals surface area (Å²) in [6, 6.07) is 0. The minimum Gasteiger partial charge on any atom is -0.335 e. The van der Waals surface area contributed by atoms with Crippen molar-refractivity contribution in [2.75, 3.05) is 0 Å². The molecule has 0 bridgehead atoms. The van der Waals surface area contributed by atoms with E-state index in [9.17, 15) is 0 Å². The van der Waals surface area contributed by atoms with E-state index in [1.54, 1.807) is 0 Å². The molecule has 4 heavy (non-hydrogen) atoms. The molecule has 0 aromatic rings. The second-order valence-electron chi connectivity index (χ2n) is 0.577. The fourth-order valence-corrected chi connectivity index (χ4v) is 0. The average molecular weight is 95.1 g/mol. The maximum Gasteiger partial charge on any atom is 0 e. The van der Waals surface area contributed by atoms with Crippen molar-refractivity contribution in [3.8, 4) is 0 Å². The van der Waals surface area contributed by atoms with Crippen molar-refractivity contribution in [2.24, 2.45) is 0 Å². The smallest absolute Gasteiger partial charge is 0 e. The van der Waals surface area contributed by atoms with Crippen molar-refractivity contribution in [3.05, 3.63) is 6.42 Å². The third-order valence-electron chi connectivity index (χ3n) is 0. The fraction of sp³-hybridized carbons (Fsp3) is 0.667. The Morgan fingerprint density at radius 2 is 1.25 bits per heavy atom. The van der Waals surface area contributed by atoms with Gasteiger partial charge in [0.05, 0.1) is 0 Å². The number of hydrogen-bond donors (Lipinski definition) is 0. The summed E-state index contributed by atoms with van der Waals surface area (Å²) in [4.78, 5) is 0. The largest absolute Gasteiger partial charge is 0.335 e. The van der Waals surface area contributed by atoms with E-state index in [0.717, 1.165) is 0 Å². The molecule has 0 amide bonds. The second kappa shape index (κ2) is 9.65. The molecule has 0 spiro atoms. The van der Waals surface area contributed by atoms with Crippen LogP contribution in [0.2, 0.25) is 0 Å². The Kier molecular flexibility index (Phi) is 21.3. The van der Waals surface area contributed by atoms with Gasteiger partial charge in [-0.1, -0.05) is 0 Å². The molecule has 0 nitrogen and oxygen atoms in total. The normalized spacial score (nSPS) is 4.50. The SMILES string of the molecule is C[CH-]C.[Cr]. The first-order valence-electron chi connectivity index (χ1n) is 1.15. The zero-order valence-electron chi connectivity index (χ0n) is 2.99. The zero-order valence-corrected chi connectivity index (χ0v) is 4.26. The maximum absolute atomic E-state index is 2.00. The predicted octanol–water partition coefficient (Wildman–Crippen LogP) is 1.23. The first kappa shape index (κ1) is 8.82. The molecule has 1 heteroatoms. The third-order valence-corrected chi connectivity index (χ3v) is 0. The van der Waals surface area contributed by atoms with Crippen LogP contribution in [0.15, 0.2) is 0 Å². The van der Waals surface area contributed by atoms with Gasteiger partial charge in [0.2, 0.25) is 0 Å². The molecular formula is C3H7Cr-. The molecule has 0 N–H and O–H groups in total. The van der Waals surface area contributed by atoms with E-state index in [-0.39, 0.29) is 17.4 Å². The van der Waals surface area contributed by atoms with Crippen molar-refractivity contribution < 1.29 is 17.4 Å². The van der Waals surface area contributed by atoms with E-state index in [1.165, 1.54) is 0 Å². The van der Waals surface area contributed by atoms with Gasteiger partial charge < -0.3 is 6.42 Å². The molecule has 0 saturated heterocycles. The first-order chi connectivity index (χ1) is 1.41. The van der Waals surface area contributed by atoms with E-state index in [4.69, 9.17) is 0 Å². The van der Waals surface area contributed by atoms with E-state index < -0.39 is 0 Å². The molecule has 0 aliphatic carbocycles. The molecular weight excluding hydrogens is 88.0 g/mol. The van der Waals surface area contributed by atoms with Gasteiger partial charge in [0.1, 0.15) is 0 Å². The predicted molar refractivity (Wildman–Crippen MR) is 15.6 cm³/mol. The minimum absolute atomic E-state index is 0. The van der Waals surface area contributed by atoms with Crippen LogP contribution in [0, 0.1) is 6.42 Å². The molecule has 26 valence electrons. The Hall–Kier alpha value is 0.532. The van der Waals surface area contributed by atoms with Crippen molar-refractivity contribution in [1.29, 1.82) is 0 Å². The van der Waals surface area contributed by atoms with Crippen LogP contribution >= 0.6 is 0 Å². The summed E-state index contributed by atoms with van der Waals surface area (Å²) in [6.07, 6.45) is 2.00. The van der Waals surface area contributed by atoms with Crippen LogP contribution in [-0.4, -0.2) is 0 Å². The summed E-state index contributed by atoms with van der Waals surface area (Å²) < 4.78 is 0. The monoisotopic (exact) mass is 95.0 g/mol. The van der Waals surface area contributed by atoms with Gasteiger partial charge in [0, 0.05) is 17.4 Å². The van der Waals surface area contributed by atoms with Gasteiger partial charge >= 0.3 is 0 Å². The van der Waals surface area contributed by atoms with Gasteiger partial charge in [-0.25, -0.2) is 0 Å². The standard InChI is InChI=1S/C3H7.Cr/c1-3-2;/h3H,1-2H3;/q-1;. The summed E-state index contributed by atoms with van der Waals surface area (Å²) in [7, 11) is 0. The molecule has 0 fully saturated rings. The van der Waals surface area contributed by atoms with Crippen molar-refractivity contribution >= 4 is 0 Å². The Balaban J connectivity index is 0. The summed E-state index contributed by atoms with van der Waals surface area (Å²) >= 11 is 0. The second-order valence-corrected chi connectivity index (χ2v) is 0.577. The van der Waals surface area contributed by atoms with Crippen LogP contribution < -0.4 is 0 Å². The quantitative estimate of drug-likeness (QED) is 0.397. The number of hydrogen-bond acceptors (Lipinski definition) is 0. The Bertz CT molecular complexity index is 3.25. The molecule has 0 saturated carbocycles. The summed E-state index contributed by atoms with van der Waals surface area (Å²) in [5.74, 6) is 0. The van der Waals surface area contributed by atoms with Crippen molar-refractivity contribution in [3.63, 3.8) is 0 Å². The van der Waals surface area contributed by atoms with Gasteiger partial charge in [-0.15, -0.1) is 0 Å². The number of rotatable bonds is 0. The Morgan fingerprint density at radius 1 is 1.25 bits per heavy atom. The molecule has 0 rings (SSSR count). The molecule has 0 radical (unpaired) electrons. The van der Waals surface area contributed by atoms with Gasteiger partial charge in [0.25, 0.3) is 0 Å². The summed E-state index contributed by atoms with van der Waals surface area (Å²) in [5.41, 5.74) is 0. The molecule has 0 atom stereocenters. The molecule has 0 aliphatic rings. The molecule has 0 unspecified atom stereocenters. The Labute approximate surface area is 38.3 Å². The van der Waals surface area contributed by atoms with Crippen LogP contribution in [0.25, 0.3) is 0 Å². The summed E-state index contributed by atoms with van der Waals surface area (Å²) in [6.45, 7) is 4.00. The van der Waals surface area contributed by atoms with Crippen LogP contribution in [0.1, 0.15) is 13.8 Å². The van der Waals surface area contributed by atoms with Gasteiger partial charge in [-0.05, 0) is 0 Å². The topological polar surface area (TPSA) is 0 Å². The summed E-state index contributed by atoms with van der Waals surface area (Å²) in [5, 5.41) is 0. The van der Waals surface area contributed by atoms with Gasteiger partial charge in [-0.3, -0.25) is 0 Å². The van der Waals surface area contributed by atoms with Crippen molar-refractivity contribution in [1.82, 2.24) is 0 Å². The van der Waals surface area contributed by atoms with Crippen LogP contribution in [0.5, 0.6) is 0 Å². The van der Waals surface area contributed by atoms with Crippen LogP contribution in [0.3, 0.4) is 0 Å². The molecule has 0 aromatic carbocycles. The van der Waals surface area contributed by atoms with Gasteiger partial charge in [-0.2, -0.15) is 13.8 Å². The Morgan fingerprint density at radius 3 is 1.25 bits per heavy atom. The van der Waals surface area contributed by atoms with Crippen molar-refractivity contribution in [2.45, 2.75) is 13.8 Å².